The lowest BCUT2D eigenvalue weighted by molar-refractivity contribution is -0.137. The highest BCUT2D eigenvalue weighted by Gasteiger charge is 2.13. The molecule has 0 bridgehead atoms. The molecule has 1 aromatic heterocycles. The standard InChI is InChI=1S/C13H14N4O4/c1-21-11-4-8(14)2-3-10(11)13(20)16-9-5-15-17(6-9)7-12(18)19/h2-6H,7,14H2,1H3,(H,16,20)(H,18,19). The number of aliphatic carboxylic acids is 1. The van der Waals surface area contributed by atoms with Crippen LogP contribution in [0.4, 0.5) is 11.4 Å². The Labute approximate surface area is 120 Å². The highest BCUT2D eigenvalue weighted by atomic mass is 16.5. The number of nitrogens with one attached hydrogen (secondary N) is 1. The Kier molecular flexibility index (Phi) is 4.07. The number of methoxy groups -OCH3 is 1. The molecular weight excluding hydrogens is 276 g/mol. The molecule has 2 aromatic rings. The second kappa shape index (κ2) is 5.95. The summed E-state index contributed by atoms with van der Waals surface area (Å²) in [5.41, 5.74) is 6.82. The summed E-state index contributed by atoms with van der Waals surface area (Å²) in [6.45, 7) is -0.277. The topological polar surface area (TPSA) is 119 Å². The Morgan fingerprint density at radius 1 is 1.48 bits per heavy atom. The molecule has 0 spiro atoms. The van der Waals surface area contributed by atoms with E-state index < -0.39 is 11.9 Å². The van der Waals surface area contributed by atoms with Crippen molar-refractivity contribution in [2.45, 2.75) is 6.54 Å². The third kappa shape index (κ3) is 3.50. The molecule has 0 aliphatic rings. The number of aromatic nitrogens is 2. The number of carbonyl (C=O) groups excluding carboxylic acids is 1. The number of nitrogens with zero attached hydrogens (tertiary/aromatic N) is 2. The monoisotopic (exact) mass is 290 g/mol. The zero-order valence-corrected chi connectivity index (χ0v) is 11.2. The molecule has 0 aliphatic heterocycles. The van der Waals surface area contributed by atoms with Crippen molar-refractivity contribution in [1.82, 2.24) is 9.78 Å². The lowest BCUT2D eigenvalue weighted by Crippen LogP contribution is -2.13. The van der Waals surface area contributed by atoms with Crippen LogP contribution in [0.2, 0.25) is 0 Å². The van der Waals surface area contributed by atoms with Crippen molar-refractivity contribution in [1.29, 1.82) is 0 Å². The van der Waals surface area contributed by atoms with Gasteiger partial charge in [-0.1, -0.05) is 0 Å². The van der Waals surface area contributed by atoms with Gasteiger partial charge >= 0.3 is 5.97 Å². The van der Waals surface area contributed by atoms with Gasteiger partial charge in [-0.2, -0.15) is 5.10 Å². The van der Waals surface area contributed by atoms with Gasteiger partial charge in [0, 0.05) is 18.0 Å². The minimum absolute atomic E-state index is 0.277. The quantitative estimate of drug-likeness (QED) is 0.701. The molecule has 0 saturated carbocycles. The van der Waals surface area contributed by atoms with Crippen LogP contribution in [0.3, 0.4) is 0 Å². The van der Waals surface area contributed by atoms with Crippen molar-refractivity contribution in [2.24, 2.45) is 0 Å². The minimum atomic E-state index is -1.02. The van der Waals surface area contributed by atoms with Crippen molar-refractivity contribution in [3.63, 3.8) is 0 Å². The van der Waals surface area contributed by atoms with Gasteiger partial charge in [-0.25, -0.2) is 0 Å². The molecule has 1 amide bonds. The zero-order valence-electron chi connectivity index (χ0n) is 11.2. The van der Waals surface area contributed by atoms with Crippen molar-refractivity contribution in [2.75, 3.05) is 18.2 Å². The zero-order chi connectivity index (χ0) is 15.4. The predicted octanol–water partition coefficient (Wildman–Crippen LogP) is 0.811. The number of hydrogen-bond donors (Lipinski definition) is 3. The number of carboxylic acids is 1. The third-order valence-electron chi connectivity index (χ3n) is 2.66. The molecule has 0 saturated heterocycles. The van der Waals surface area contributed by atoms with Crippen molar-refractivity contribution in [3.05, 3.63) is 36.2 Å². The summed E-state index contributed by atoms with van der Waals surface area (Å²) in [4.78, 5) is 22.7. The van der Waals surface area contributed by atoms with E-state index in [4.69, 9.17) is 15.6 Å². The van der Waals surface area contributed by atoms with E-state index in [1.54, 1.807) is 18.2 Å². The molecule has 0 radical (unpaired) electrons. The number of anilines is 2. The molecule has 0 atom stereocenters. The Morgan fingerprint density at radius 2 is 2.24 bits per heavy atom. The summed E-state index contributed by atoms with van der Waals surface area (Å²) in [6.07, 6.45) is 2.79. The third-order valence-corrected chi connectivity index (χ3v) is 2.66. The molecule has 2 rings (SSSR count). The lowest BCUT2D eigenvalue weighted by atomic mass is 10.1. The van der Waals surface area contributed by atoms with Crippen LogP contribution in [0, 0.1) is 0 Å². The second-order valence-corrected chi connectivity index (χ2v) is 4.23. The van der Waals surface area contributed by atoms with E-state index in [1.807, 2.05) is 0 Å². The van der Waals surface area contributed by atoms with Gasteiger partial charge in [0.05, 0.1) is 24.6 Å². The fourth-order valence-corrected chi connectivity index (χ4v) is 1.75. The normalized spacial score (nSPS) is 10.1. The van der Waals surface area contributed by atoms with Crippen LogP contribution in [0.5, 0.6) is 5.75 Å². The van der Waals surface area contributed by atoms with Gasteiger partial charge < -0.3 is 20.9 Å². The largest absolute Gasteiger partial charge is 0.496 e. The van der Waals surface area contributed by atoms with Crippen LogP contribution in [0.15, 0.2) is 30.6 Å². The smallest absolute Gasteiger partial charge is 0.325 e. The molecule has 8 heteroatoms. The van der Waals surface area contributed by atoms with Crippen LogP contribution in [0.25, 0.3) is 0 Å². The number of ether oxygens (including phenoxy) is 1. The summed E-state index contributed by atoms with van der Waals surface area (Å²) in [5, 5.41) is 15.1. The number of benzene rings is 1. The van der Waals surface area contributed by atoms with Crippen molar-refractivity contribution >= 4 is 23.3 Å². The van der Waals surface area contributed by atoms with Crippen LogP contribution in [0.1, 0.15) is 10.4 Å². The van der Waals surface area contributed by atoms with Crippen LogP contribution >= 0.6 is 0 Å². The van der Waals surface area contributed by atoms with Crippen molar-refractivity contribution < 1.29 is 19.4 Å². The molecule has 110 valence electrons. The maximum absolute atomic E-state index is 12.2. The van der Waals surface area contributed by atoms with Gasteiger partial charge in [0.2, 0.25) is 0 Å². The Hall–Kier alpha value is -3.03. The first-order valence-electron chi connectivity index (χ1n) is 5.98. The molecular formula is C13H14N4O4. The molecule has 21 heavy (non-hydrogen) atoms. The first-order valence-corrected chi connectivity index (χ1v) is 5.98. The van der Waals surface area contributed by atoms with E-state index in [0.29, 0.717) is 22.7 Å². The summed E-state index contributed by atoms with van der Waals surface area (Å²) >= 11 is 0. The number of amides is 1. The SMILES string of the molecule is COc1cc(N)ccc1C(=O)Nc1cnn(CC(=O)O)c1. The highest BCUT2D eigenvalue weighted by Crippen LogP contribution is 2.22. The van der Waals surface area contributed by atoms with Gasteiger partial charge in [0.25, 0.3) is 5.91 Å². The maximum Gasteiger partial charge on any atom is 0.325 e. The maximum atomic E-state index is 12.2. The minimum Gasteiger partial charge on any atom is -0.496 e. The molecule has 1 heterocycles. The Balaban J connectivity index is 2.14. The highest BCUT2D eigenvalue weighted by molar-refractivity contribution is 6.06. The van der Waals surface area contributed by atoms with E-state index >= 15 is 0 Å². The number of hydrogen-bond acceptors (Lipinski definition) is 5. The van der Waals surface area contributed by atoms with E-state index in [-0.39, 0.29) is 6.54 Å². The van der Waals surface area contributed by atoms with E-state index in [1.165, 1.54) is 24.2 Å². The molecule has 1 aromatic carbocycles. The number of rotatable bonds is 5. The van der Waals surface area contributed by atoms with E-state index in [9.17, 15) is 9.59 Å². The molecule has 0 aliphatic carbocycles. The summed E-state index contributed by atoms with van der Waals surface area (Å²) in [5.74, 6) is -1.07. The molecule has 8 nitrogen and oxygen atoms in total. The first kappa shape index (κ1) is 14.4. The van der Waals surface area contributed by atoms with E-state index in [2.05, 4.69) is 10.4 Å². The summed E-state index contributed by atoms with van der Waals surface area (Å²) < 4.78 is 6.31. The average Bonchev–Trinajstić information content (AvgIpc) is 2.84. The summed E-state index contributed by atoms with van der Waals surface area (Å²) in [7, 11) is 1.44. The van der Waals surface area contributed by atoms with Gasteiger partial charge in [0.1, 0.15) is 12.3 Å². The predicted molar refractivity (Wildman–Crippen MR) is 75.2 cm³/mol. The first-order chi connectivity index (χ1) is 9.99. The number of carbonyl (C=O) groups is 2. The fourth-order valence-electron chi connectivity index (χ4n) is 1.75. The number of carboxylic acid groups (broad SMARTS) is 1. The average molecular weight is 290 g/mol. The summed E-state index contributed by atoms with van der Waals surface area (Å²) in [6, 6.07) is 4.68. The van der Waals surface area contributed by atoms with Gasteiger partial charge in [-0.05, 0) is 12.1 Å². The van der Waals surface area contributed by atoms with Gasteiger partial charge in [-0.3, -0.25) is 14.3 Å². The Morgan fingerprint density at radius 3 is 2.90 bits per heavy atom. The van der Waals surface area contributed by atoms with E-state index in [0.717, 1.165) is 0 Å². The number of nitrogen functional groups attached to an aromatic ring is 1. The second-order valence-electron chi connectivity index (χ2n) is 4.23. The van der Waals surface area contributed by atoms with Gasteiger partial charge in [0.15, 0.2) is 0 Å². The Bertz CT molecular complexity index is 681. The fraction of sp³-hybridized carbons (Fsp3) is 0.154. The van der Waals surface area contributed by atoms with Crippen LogP contribution in [-0.2, 0) is 11.3 Å². The van der Waals surface area contributed by atoms with Crippen LogP contribution in [-0.4, -0.2) is 33.9 Å². The molecule has 4 N–H and O–H groups in total. The number of nitrogens with two attached hydrogens (primary N) is 1. The molecule has 0 fully saturated rings. The van der Waals surface area contributed by atoms with Crippen molar-refractivity contribution in [3.8, 4) is 5.75 Å². The van der Waals surface area contributed by atoms with Crippen LogP contribution < -0.4 is 15.8 Å². The lowest BCUT2D eigenvalue weighted by Gasteiger charge is -2.08. The molecule has 0 unspecified atom stereocenters. The van der Waals surface area contributed by atoms with Gasteiger partial charge in [-0.15, -0.1) is 0 Å².